The molecule has 0 aliphatic carbocycles. The summed E-state index contributed by atoms with van der Waals surface area (Å²) in [6.07, 6.45) is 4.48. The summed E-state index contributed by atoms with van der Waals surface area (Å²) in [6.45, 7) is 6.88. The second kappa shape index (κ2) is 16.1. The molecule has 0 atom stereocenters. The summed E-state index contributed by atoms with van der Waals surface area (Å²) in [4.78, 5) is 11.6. The molecule has 216 valence electrons. The van der Waals surface area contributed by atoms with Crippen molar-refractivity contribution < 1.29 is 19.0 Å². The van der Waals surface area contributed by atoms with Gasteiger partial charge >= 0.3 is 5.97 Å². The molecule has 2 N–H and O–H groups in total. The lowest BCUT2D eigenvalue weighted by molar-refractivity contribution is -0.155. The average molecular weight is 611 g/mol. The monoisotopic (exact) mass is 609 g/mol. The fraction of sp³-hybridized carbons (Fsp3) is 0.321. The number of halogens is 3. The van der Waals surface area contributed by atoms with Crippen molar-refractivity contribution in [1.29, 1.82) is 0 Å². The molecule has 0 fully saturated rings. The van der Waals surface area contributed by atoms with Crippen molar-refractivity contribution in [3.05, 3.63) is 83.1 Å². The molecule has 0 bridgehead atoms. The van der Waals surface area contributed by atoms with Gasteiger partial charge < -0.3 is 19.9 Å². The Kier molecular flexibility index (Phi) is 13.3. The van der Waals surface area contributed by atoms with E-state index >= 15 is 0 Å². The molecule has 0 radical (unpaired) electrons. The molecule has 0 amide bonds. The maximum Gasteiger partial charge on any atom is 0.306 e. The lowest BCUT2D eigenvalue weighted by Gasteiger charge is -2.19. The predicted molar refractivity (Wildman–Crippen MR) is 160 cm³/mol. The van der Waals surface area contributed by atoms with Crippen LogP contribution >= 0.6 is 35.6 Å². The summed E-state index contributed by atoms with van der Waals surface area (Å²) < 4.78 is 19.4. The van der Waals surface area contributed by atoms with Crippen LogP contribution in [0.1, 0.15) is 33.6 Å². The van der Waals surface area contributed by atoms with Crippen LogP contribution < -0.4 is 15.2 Å². The minimum absolute atomic E-state index is 0. The lowest BCUT2D eigenvalue weighted by atomic mass is 10.2. The summed E-state index contributed by atoms with van der Waals surface area (Å²) in [5.41, 5.74) is 6.50. The molecule has 0 aliphatic rings. The quantitative estimate of drug-likeness (QED) is 0.166. The molecule has 0 unspecified atom stereocenters. The van der Waals surface area contributed by atoms with E-state index in [-0.39, 0.29) is 18.4 Å². The maximum atomic E-state index is 11.6. The highest BCUT2D eigenvalue weighted by Gasteiger charge is 2.15. The van der Waals surface area contributed by atoms with Crippen LogP contribution in [-0.4, -0.2) is 50.9 Å². The molecule has 4 rings (SSSR count). The first-order chi connectivity index (χ1) is 18.7. The predicted octanol–water partition coefficient (Wildman–Crippen LogP) is 6.31. The van der Waals surface area contributed by atoms with Gasteiger partial charge in [-0.1, -0.05) is 47.5 Å². The Bertz CT molecular complexity index is 1340. The van der Waals surface area contributed by atoms with E-state index in [9.17, 15) is 4.79 Å². The number of hydrogen-bond donors (Lipinski definition) is 1. The van der Waals surface area contributed by atoms with Gasteiger partial charge in [0.1, 0.15) is 12.2 Å². The molecule has 4 aromatic rings. The molecule has 40 heavy (non-hydrogen) atoms. The van der Waals surface area contributed by atoms with Gasteiger partial charge in [-0.15, -0.1) is 22.6 Å². The summed E-state index contributed by atoms with van der Waals surface area (Å²) in [5, 5.41) is 9.81. The normalized spacial score (nSPS) is 10.7. The van der Waals surface area contributed by atoms with Crippen LogP contribution in [0.3, 0.4) is 0 Å². The van der Waals surface area contributed by atoms with Crippen LogP contribution in [0.25, 0.3) is 11.4 Å². The summed E-state index contributed by atoms with van der Waals surface area (Å²) in [7, 11) is 0. The second-order valence-corrected chi connectivity index (χ2v) is 10.1. The van der Waals surface area contributed by atoms with Crippen LogP contribution in [0.15, 0.2) is 73.1 Å². The zero-order valence-corrected chi connectivity index (χ0v) is 25.0. The zero-order valence-electron chi connectivity index (χ0n) is 22.6. The largest absolute Gasteiger partial charge is 0.477 e. The van der Waals surface area contributed by atoms with E-state index in [2.05, 4.69) is 10.2 Å². The highest BCUT2D eigenvalue weighted by molar-refractivity contribution is 6.32. The van der Waals surface area contributed by atoms with Crippen molar-refractivity contribution in [2.24, 2.45) is 5.73 Å². The van der Waals surface area contributed by atoms with Crippen molar-refractivity contribution in [2.75, 3.05) is 19.8 Å². The Morgan fingerprint density at radius 2 is 1.30 bits per heavy atom. The molecule has 12 heteroatoms. The van der Waals surface area contributed by atoms with Crippen LogP contribution in [-0.2, 0) is 9.53 Å². The number of hydrogen-bond acceptors (Lipinski definition) is 7. The minimum atomic E-state index is -0.453. The van der Waals surface area contributed by atoms with Gasteiger partial charge in [0.2, 0.25) is 11.8 Å². The first kappa shape index (κ1) is 33.0. The molecule has 9 nitrogen and oxygen atoms in total. The SMILES string of the molecule is CC(C)(C)OC(=O)CCCOc1ccn(-c2ccccc2Cl)n1.Cl.NCCOc1ccn(-c2ccccc2Cl)n1. The van der Waals surface area contributed by atoms with Crippen molar-refractivity contribution in [3.8, 4) is 23.1 Å². The van der Waals surface area contributed by atoms with Gasteiger partial charge in [0.25, 0.3) is 0 Å². The molecular weight excluding hydrogens is 577 g/mol. The Morgan fingerprint density at radius 1 is 0.825 bits per heavy atom. The summed E-state index contributed by atoms with van der Waals surface area (Å²) >= 11 is 12.2. The van der Waals surface area contributed by atoms with E-state index < -0.39 is 5.60 Å². The van der Waals surface area contributed by atoms with E-state index in [1.165, 1.54) is 0 Å². The smallest absolute Gasteiger partial charge is 0.306 e. The number of esters is 1. The number of ether oxygens (including phenoxy) is 3. The van der Waals surface area contributed by atoms with Crippen LogP contribution in [0.4, 0.5) is 0 Å². The van der Waals surface area contributed by atoms with Crippen molar-refractivity contribution in [1.82, 2.24) is 19.6 Å². The summed E-state index contributed by atoms with van der Waals surface area (Å²) in [6, 6.07) is 18.5. The zero-order chi connectivity index (χ0) is 28.3. The first-order valence-electron chi connectivity index (χ1n) is 12.4. The van der Waals surface area contributed by atoms with Crippen LogP contribution in [0, 0.1) is 0 Å². The number of rotatable bonds is 10. The van der Waals surface area contributed by atoms with E-state index in [0.29, 0.717) is 54.4 Å². The highest BCUT2D eigenvalue weighted by Crippen LogP contribution is 2.21. The van der Waals surface area contributed by atoms with Gasteiger partial charge in [0.15, 0.2) is 0 Å². The van der Waals surface area contributed by atoms with Crippen molar-refractivity contribution in [2.45, 2.75) is 39.2 Å². The van der Waals surface area contributed by atoms with Crippen molar-refractivity contribution in [3.63, 3.8) is 0 Å². The fourth-order valence-electron chi connectivity index (χ4n) is 3.26. The number of carbonyl (C=O) groups excluding carboxylic acids is 1. The number of nitrogens with zero attached hydrogens (tertiary/aromatic N) is 4. The topological polar surface area (TPSA) is 106 Å². The lowest BCUT2D eigenvalue weighted by Crippen LogP contribution is -2.23. The van der Waals surface area contributed by atoms with Crippen LogP contribution in [0.2, 0.25) is 10.0 Å². The van der Waals surface area contributed by atoms with E-state index in [1.54, 1.807) is 40.0 Å². The molecule has 2 aromatic carbocycles. The first-order valence-corrected chi connectivity index (χ1v) is 13.2. The molecular formula is C28H34Cl3N5O4. The third kappa shape index (κ3) is 10.7. The molecule has 0 spiro atoms. The Hall–Kier alpha value is -3.24. The Balaban J connectivity index is 0.000000290. The second-order valence-electron chi connectivity index (χ2n) is 9.28. The van der Waals surface area contributed by atoms with Gasteiger partial charge in [-0.05, 0) is 51.5 Å². The van der Waals surface area contributed by atoms with E-state index in [0.717, 1.165) is 11.4 Å². The molecule has 2 heterocycles. The third-order valence-corrected chi connectivity index (χ3v) is 5.53. The van der Waals surface area contributed by atoms with Gasteiger partial charge in [-0.3, -0.25) is 4.79 Å². The Morgan fingerprint density at radius 3 is 1.75 bits per heavy atom. The third-order valence-electron chi connectivity index (χ3n) is 4.89. The Labute approximate surface area is 250 Å². The molecule has 0 saturated heterocycles. The van der Waals surface area contributed by atoms with Gasteiger partial charge in [0.05, 0.1) is 28.0 Å². The average Bonchev–Trinajstić information content (AvgIpc) is 3.55. The van der Waals surface area contributed by atoms with Crippen LogP contribution in [0.5, 0.6) is 11.8 Å². The molecule has 0 aliphatic heterocycles. The fourth-order valence-corrected chi connectivity index (χ4v) is 3.71. The maximum absolute atomic E-state index is 11.6. The molecule has 0 saturated carbocycles. The summed E-state index contributed by atoms with van der Waals surface area (Å²) in [5.74, 6) is 0.821. The number of carbonyl (C=O) groups is 1. The number of aromatic nitrogens is 4. The minimum Gasteiger partial charge on any atom is -0.477 e. The number of para-hydroxylation sites is 2. The van der Waals surface area contributed by atoms with Gasteiger partial charge in [-0.25, -0.2) is 9.36 Å². The van der Waals surface area contributed by atoms with Crippen molar-refractivity contribution >= 4 is 41.6 Å². The molecule has 2 aromatic heterocycles. The number of nitrogens with two attached hydrogens (primary N) is 1. The van der Waals surface area contributed by atoms with Gasteiger partial charge in [0, 0.05) is 37.5 Å². The van der Waals surface area contributed by atoms with E-state index in [1.807, 2.05) is 63.2 Å². The standard InChI is InChI=1S/C17H21ClN2O3.C11H12ClN3O.ClH/c1-17(2,3)23-16(21)9-6-12-22-15-10-11-20(19-15)14-8-5-4-7-13(14)18;12-9-3-1-2-4-10(9)15-7-5-11(14-15)16-8-6-13;/h4-5,7-8,10-11H,6,9,12H2,1-3H3;1-5,7H,6,8,13H2;1H. The van der Waals surface area contributed by atoms with E-state index in [4.69, 9.17) is 43.1 Å². The number of benzene rings is 2. The highest BCUT2D eigenvalue weighted by atomic mass is 35.5. The van der Waals surface area contributed by atoms with Gasteiger partial charge in [-0.2, -0.15) is 0 Å².